The molecule has 1 aliphatic rings. The molecule has 0 spiro atoms. The van der Waals surface area contributed by atoms with E-state index in [0.717, 1.165) is 39.8 Å². The molecule has 0 radical (unpaired) electrons. The molecule has 5 rings (SSSR count). The number of nitrogens with zero attached hydrogens (tertiary/aromatic N) is 1. The zero-order chi connectivity index (χ0) is 29.1. The van der Waals surface area contributed by atoms with E-state index in [-0.39, 0.29) is 23.8 Å². The molecule has 0 aliphatic heterocycles. The second-order valence-corrected chi connectivity index (χ2v) is 12.4. The molecular formula is C34H32Cl2N2O3. The number of nitrogens with one attached hydrogen (secondary N) is 1. The van der Waals surface area contributed by atoms with E-state index in [9.17, 15) is 9.59 Å². The minimum atomic E-state index is -0.526. The monoisotopic (exact) mass is 586 g/mol. The van der Waals surface area contributed by atoms with E-state index in [2.05, 4.69) is 32.2 Å². The number of aromatic nitrogens is 1. The number of rotatable bonds is 6. The molecule has 1 unspecified atom stereocenters. The summed E-state index contributed by atoms with van der Waals surface area (Å²) in [6.45, 7) is 6.60. The van der Waals surface area contributed by atoms with Crippen molar-refractivity contribution in [2.24, 2.45) is 11.3 Å². The van der Waals surface area contributed by atoms with Crippen molar-refractivity contribution in [1.82, 2.24) is 10.3 Å². The van der Waals surface area contributed by atoms with Gasteiger partial charge in [0, 0.05) is 22.0 Å². The van der Waals surface area contributed by atoms with Crippen LogP contribution >= 0.6 is 23.2 Å². The van der Waals surface area contributed by atoms with E-state index in [4.69, 9.17) is 32.9 Å². The third-order valence-corrected chi connectivity index (χ3v) is 8.10. The van der Waals surface area contributed by atoms with Crippen LogP contribution in [0.1, 0.15) is 59.9 Å². The first-order valence-corrected chi connectivity index (χ1v) is 14.4. The zero-order valence-electron chi connectivity index (χ0n) is 23.3. The molecular weight excluding hydrogens is 555 g/mol. The molecule has 1 heterocycles. The van der Waals surface area contributed by atoms with Crippen molar-refractivity contribution in [2.75, 3.05) is 6.61 Å². The normalized spacial score (nSPS) is 15.9. The fourth-order valence-electron chi connectivity index (χ4n) is 5.19. The Morgan fingerprint density at radius 2 is 1.61 bits per heavy atom. The molecule has 7 heteroatoms. The van der Waals surface area contributed by atoms with Crippen LogP contribution in [0.25, 0.3) is 22.6 Å². The molecule has 0 bridgehead atoms. The number of esters is 1. The smallest absolute Gasteiger partial charge is 0.339 e. The number of carbonyl (C=O) groups is 2. The first kappa shape index (κ1) is 28.8. The number of fused-ring (bicyclic) bond motifs is 2. The summed E-state index contributed by atoms with van der Waals surface area (Å²) < 4.78 is 5.63. The molecule has 5 nitrogen and oxygen atoms in total. The predicted octanol–water partition coefficient (Wildman–Crippen LogP) is 8.16. The maximum Gasteiger partial charge on any atom is 0.339 e. The lowest BCUT2D eigenvalue weighted by molar-refractivity contribution is -0.124. The second-order valence-electron chi connectivity index (χ2n) is 11.5. The molecule has 0 saturated heterocycles. The van der Waals surface area contributed by atoms with Crippen LogP contribution in [0.2, 0.25) is 10.0 Å². The van der Waals surface area contributed by atoms with Gasteiger partial charge in [-0.3, -0.25) is 4.79 Å². The molecule has 210 valence electrons. The summed E-state index contributed by atoms with van der Waals surface area (Å²) in [5.41, 5.74) is 5.82. The van der Waals surface area contributed by atoms with Gasteiger partial charge in [-0.05, 0) is 82.8 Å². The van der Waals surface area contributed by atoms with Crippen molar-refractivity contribution in [2.45, 2.75) is 40.2 Å². The standard InChI is InChI=1S/C34H32Cl2N2O3/c1-34(2,3)24-17-23(16-21-8-12-25(35)13-9-21)32-28(18-24)31(27-6-4-5-7-29(27)38-32)33(40)41-20-30(39)37-19-22-10-14-26(36)15-11-22/h4-16,24H,17-20H2,1-3H3,(H,37,39)/b23-16-. The Morgan fingerprint density at radius 3 is 2.29 bits per heavy atom. The van der Waals surface area contributed by atoms with Crippen LogP contribution in [0.4, 0.5) is 0 Å². The van der Waals surface area contributed by atoms with Crippen molar-refractivity contribution in [3.8, 4) is 0 Å². The first-order chi connectivity index (χ1) is 19.6. The highest BCUT2D eigenvalue weighted by atomic mass is 35.5. The largest absolute Gasteiger partial charge is 0.452 e. The lowest BCUT2D eigenvalue weighted by Crippen LogP contribution is -2.30. The van der Waals surface area contributed by atoms with Gasteiger partial charge in [0.2, 0.25) is 0 Å². The number of allylic oxidation sites excluding steroid dienone is 1. The van der Waals surface area contributed by atoms with Crippen LogP contribution in [-0.2, 0) is 22.5 Å². The molecule has 0 fully saturated rings. The van der Waals surface area contributed by atoms with E-state index in [1.54, 1.807) is 12.1 Å². The molecule has 3 aromatic carbocycles. The zero-order valence-corrected chi connectivity index (χ0v) is 24.9. The summed E-state index contributed by atoms with van der Waals surface area (Å²) in [5.74, 6) is -0.635. The molecule has 4 aromatic rings. The number of hydrogen-bond acceptors (Lipinski definition) is 4. The maximum absolute atomic E-state index is 13.7. The number of ether oxygens (including phenoxy) is 1. The Balaban J connectivity index is 1.48. The highest BCUT2D eigenvalue weighted by Gasteiger charge is 2.35. The highest BCUT2D eigenvalue weighted by molar-refractivity contribution is 6.30. The summed E-state index contributed by atoms with van der Waals surface area (Å²) in [6.07, 6.45) is 3.64. The highest BCUT2D eigenvalue weighted by Crippen LogP contribution is 2.45. The molecule has 1 atom stereocenters. The Bertz CT molecular complexity index is 1620. The van der Waals surface area contributed by atoms with Crippen molar-refractivity contribution in [3.63, 3.8) is 0 Å². The van der Waals surface area contributed by atoms with Crippen LogP contribution in [0, 0.1) is 11.3 Å². The summed E-state index contributed by atoms with van der Waals surface area (Å²) >= 11 is 12.1. The Labute approximate surface area is 250 Å². The fourth-order valence-corrected chi connectivity index (χ4v) is 5.44. The van der Waals surface area contributed by atoms with Crippen molar-refractivity contribution < 1.29 is 14.3 Å². The average molecular weight is 588 g/mol. The summed E-state index contributed by atoms with van der Waals surface area (Å²) in [4.78, 5) is 31.4. The second kappa shape index (κ2) is 12.1. The SMILES string of the molecule is CC(C)(C)C1C/C(=C/c2ccc(Cl)cc2)c2nc3ccccc3c(C(=O)OCC(=O)NCc3ccc(Cl)cc3)c2C1. The Kier molecular flexibility index (Phi) is 8.48. The molecule has 1 N–H and O–H groups in total. The Morgan fingerprint density at radius 1 is 0.951 bits per heavy atom. The van der Waals surface area contributed by atoms with Crippen LogP contribution < -0.4 is 5.32 Å². The van der Waals surface area contributed by atoms with Gasteiger partial charge in [0.15, 0.2) is 6.61 Å². The van der Waals surface area contributed by atoms with Crippen LogP contribution in [0.15, 0.2) is 72.8 Å². The summed E-state index contributed by atoms with van der Waals surface area (Å²) in [5, 5.41) is 4.82. The summed E-state index contributed by atoms with van der Waals surface area (Å²) in [7, 11) is 0. The molecule has 1 aliphatic carbocycles. The van der Waals surface area contributed by atoms with Crippen molar-refractivity contribution in [3.05, 3.63) is 111 Å². The van der Waals surface area contributed by atoms with Crippen molar-refractivity contribution >= 4 is 57.6 Å². The molecule has 1 amide bonds. The van der Waals surface area contributed by atoms with E-state index in [0.29, 0.717) is 34.1 Å². The minimum absolute atomic E-state index is 0.00878. The molecule has 1 aromatic heterocycles. The van der Waals surface area contributed by atoms with Crippen LogP contribution in [0.3, 0.4) is 0 Å². The van der Waals surface area contributed by atoms with Gasteiger partial charge in [-0.15, -0.1) is 0 Å². The van der Waals surface area contributed by atoms with Gasteiger partial charge >= 0.3 is 5.97 Å². The number of carbonyl (C=O) groups excluding carboxylic acids is 2. The van der Waals surface area contributed by atoms with Gasteiger partial charge in [-0.1, -0.05) is 86.4 Å². The van der Waals surface area contributed by atoms with E-state index >= 15 is 0 Å². The van der Waals surface area contributed by atoms with Gasteiger partial charge in [0.1, 0.15) is 0 Å². The van der Waals surface area contributed by atoms with Crippen molar-refractivity contribution in [1.29, 1.82) is 0 Å². The number of amides is 1. The van der Waals surface area contributed by atoms with Gasteiger partial charge in [-0.2, -0.15) is 0 Å². The van der Waals surface area contributed by atoms with Gasteiger partial charge in [0.25, 0.3) is 5.91 Å². The quantitative estimate of drug-likeness (QED) is 0.231. The van der Waals surface area contributed by atoms with E-state index in [1.807, 2.05) is 60.7 Å². The Hall–Kier alpha value is -3.67. The number of pyridine rings is 1. The minimum Gasteiger partial charge on any atom is -0.452 e. The third kappa shape index (κ3) is 6.80. The van der Waals surface area contributed by atoms with Crippen LogP contribution in [-0.4, -0.2) is 23.5 Å². The first-order valence-electron chi connectivity index (χ1n) is 13.6. The fraction of sp³-hybridized carbons (Fsp3) is 0.265. The third-order valence-electron chi connectivity index (χ3n) is 7.59. The number of hydrogen-bond donors (Lipinski definition) is 1. The molecule has 41 heavy (non-hydrogen) atoms. The van der Waals surface area contributed by atoms with Gasteiger partial charge in [-0.25, -0.2) is 9.78 Å². The van der Waals surface area contributed by atoms with Gasteiger partial charge < -0.3 is 10.1 Å². The maximum atomic E-state index is 13.7. The van der Waals surface area contributed by atoms with E-state index in [1.165, 1.54) is 0 Å². The number of para-hydroxylation sites is 1. The number of benzene rings is 3. The number of halogens is 2. The predicted molar refractivity (Wildman–Crippen MR) is 166 cm³/mol. The van der Waals surface area contributed by atoms with E-state index < -0.39 is 5.97 Å². The summed E-state index contributed by atoms with van der Waals surface area (Å²) in [6, 6.07) is 22.5. The molecule has 0 saturated carbocycles. The van der Waals surface area contributed by atoms with Crippen LogP contribution in [0.5, 0.6) is 0 Å². The topological polar surface area (TPSA) is 68.3 Å². The average Bonchev–Trinajstić information content (AvgIpc) is 2.95. The lowest BCUT2D eigenvalue weighted by atomic mass is 9.69. The van der Waals surface area contributed by atoms with Gasteiger partial charge in [0.05, 0.1) is 16.8 Å². The lowest BCUT2D eigenvalue weighted by Gasteiger charge is -2.36.